The molecule has 0 spiro atoms. The van der Waals surface area contributed by atoms with E-state index in [0.717, 1.165) is 31.4 Å². The zero-order valence-corrected chi connectivity index (χ0v) is 13.2. The van der Waals surface area contributed by atoms with Crippen LogP contribution in [0.5, 0.6) is 5.75 Å². The van der Waals surface area contributed by atoms with Gasteiger partial charge < -0.3 is 15.8 Å². The zero-order chi connectivity index (χ0) is 15.5. The fraction of sp³-hybridized carbons (Fsp3) is 0.588. The lowest BCUT2D eigenvalue weighted by molar-refractivity contribution is -0.120. The van der Waals surface area contributed by atoms with E-state index in [2.05, 4.69) is 5.32 Å². The summed E-state index contributed by atoms with van der Waals surface area (Å²) in [6.45, 7) is 5.98. The molecule has 2 atom stereocenters. The van der Waals surface area contributed by atoms with Gasteiger partial charge in [0, 0.05) is 12.0 Å². The van der Waals surface area contributed by atoms with E-state index in [4.69, 9.17) is 10.5 Å². The molecule has 1 aliphatic carbocycles. The van der Waals surface area contributed by atoms with E-state index < -0.39 is 0 Å². The van der Waals surface area contributed by atoms with Gasteiger partial charge in [0.15, 0.2) is 0 Å². The summed E-state index contributed by atoms with van der Waals surface area (Å²) < 4.78 is 5.90. The van der Waals surface area contributed by atoms with E-state index >= 15 is 0 Å². The maximum Gasteiger partial charge on any atom is 0.227 e. The molecule has 4 nitrogen and oxygen atoms in total. The van der Waals surface area contributed by atoms with Gasteiger partial charge in [-0.05, 0) is 52.2 Å². The number of anilines is 1. The van der Waals surface area contributed by atoms with Gasteiger partial charge in [-0.25, -0.2) is 0 Å². The van der Waals surface area contributed by atoms with Crippen molar-refractivity contribution in [1.82, 2.24) is 0 Å². The smallest absolute Gasteiger partial charge is 0.227 e. The fourth-order valence-electron chi connectivity index (χ4n) is 2.69. The normalized spacial score (nSPS) is 22.7. The highest BCUT2D eigenvalue weighted by Crippen LogP contribution is 2.30. The number of amides is 1. The van der Waals surface area contributed by atoms with E-state index in [1.807, 2.05) is 45.0 Å². The average Bonchev–Trinajstić information content (AvgIpc) is 2.39. The lowest BCUT2D eigenvalue weighted by atomic mass is 9.85. The van der Waals surface area contributed by atoms with Crippen molar-refractivity contribution in [2.24, 2.45) is 11.7 Å². The second-order valence-corrected chi connectivity index (χ2v) is 6.82. The Morgan fingerprint density at radius 3 is 2.67 bits per heavy atom. The van der Waals surface area contributed by atoms with Crippen LogP contribution in [0.15, 0.2) is 24.3 Å². The molecule has 3 N–H and O–H groups in total. The summed E-state index contributed by atoms with van der Waals surface area (Å²) >= 11 is 0. The molecule has 21 heavy (non-hydrogen) atoms. The van der Waals surface area contributed by atoms with Crippen molar-refractivity contribution in [3.05, 3.63) is 24.3 Å². The summed E-state index contributed by atoms with van der Waals surface area (Å²) in [5.41, 5.74) is 6.40. The first kappa shape index (κ1) is 15.8. The van der Waals surface area contributed by atoms with Gasteiger partial charge in [0.2, 0.25) is 5.91 Å². The third-order valence-electron chi connectivity index (χ3n) is 3.65. The van der Waals surface area contributed by atoms with Crippen molar-refractivity contribution >= 4 is 11.6 Å². The monoisotopic (exact) mass is 290 g/mol. The van der Waals surface area contributed by atoms with Crippen molar-refractivity contribution in [2.75, 3.05) is 5.32 Å². The van der Waals surface area contributed by atoms with Crippen molar-refractivity contribution < 1.29 is 9.53 Å². The summed E-state index contributed by atoms with van der Waals surface area (Å²) in [6, 6.07) is 7.72. The average molecular weight is 290 g/mol. The molecule has 1 aromatic rings. The zero-order valence-electron chi connectivity index (χ0n) is 13.2. The molecule has 0 saturated heterocycles. The van der Waals surface area contributed by atoms with Crippen LogP contribution in [-0.4, -0.2) is 17.6 Å². The summed E-state index contributed by atoms with van der Waals surface area (Å²) in [5.74, 6) is 0.769. The minimum Gasteiger partial charge on any atom is -0.486 e. The molecule has 2 unspecified atom stereocenters. The van der Waals surface area contributed by atoms with E-state index in [1.54, 1.807) is 0 Å². The molecule has 1 fully saturated rings. The summed E-state index contributed by atoms with van der Waals surface area (Å²) in [6.07, 6.45) is 3.74. The Bertz CT molecular complexity index is 494. The first-order chi connectivity index (χ1) is 9.85. The number of nitrogens with two attached hydrogens (primary N) is 1. The molecule has 0 aliphatic heterocycles. The number of hydrogen-bond acceptors (Lipinski definition) is 3. The maximum absolute atomic E-state index is 12.4. The molecule has 1 amide bonds. The lowest BCUT2D eigenvalue weighted by Crippen LogP contribution is -2.34. The first-order valence-electron chi connectivity index (χ1n) is 7.69. The molecular formula is C17H26N2O2. The SMILES string of the molecule is CC(C)(C)Oc1ccccc1NC(=O)C1CCCC(N)C1. The molecular weight excluding hydrogens is 264 g/mol. The highest BCUT2D eigenvalue weighted by molar-refractivity contribution is 5.94. The quantitative estimate of drug-likeness (QED) is 0.897. The standard InChI is InChI=1S/C17H26N2O2/c1-17(2,3)21-15-10-5-4-9-14(15)19-16(20)12-7-6-8-13(18)11-12/h4-5,9-10,12-13H,6-8,11,18H2,1-3H3,(H,19,20). The van der Waals surface area contributed by atoms with Crippen LogP contribution in [0.1, 0.15) is 46.5 Å². The van der Waals surface area contributed by atoms with Gasteiger partial charge in [0.25, 0.3) is 0 Å². The van der Waals surface area contributed by atoms with Gasteiger partial charge >= 0.3 is 0 Å². The van der Waals surface area contributed by atoms with Crippen LogP contribution in [-0.2, 0) is 4.79 Å². The molecule has 2 rings (SSSR count). The Balaban J connectivity index is 2.07. The molecule has 0 bridgehead atoms. The minimum absolute atomic E-state index is 0.0106. The van der Waals surface area contributed by atoms with Gasteiger partial charge in [-0.3, -0.25) is 4.79 Å². The Morgan fingerprint density at radius 2 is 2.00 bits per heavy atom. The number of nitrogens with one attached hydrogen (secondary N) is 1. The van der Waals surface area contributed by atoms with E-state index in [-0.39, 0.29) is 23.5 Å². The number of carbonyl (C=O) groups is 1. The number of carbonyl (C=O) groups excluding carboxylic acids is 1. The molecule has 1 aromatic carbocycles. The number of ether oxygens (including phenoxy) is 1. The van der Waals surface area contributed by atoms with Gasteiger partial charge in [-0.15, -0.1) is 0 Å². The minimum atomic E-state index is -0.298. The number of para-hydroxylation sites is 2. The number of hydrogen-bond donors (Lipinski definition) is 2. The van der Waals surface area contributed by atoms with Gasteiger partial charge in [0.05, 0.1) is 5.69 Å². The number of rotatable bonds is 3. The summed E-state index contributed by atoms with van der Waals surface area (Å²) in [7, 11) is 0. The van der Waals surface area contributed by atoms with Crippen LogP contribution in [0, 0.1) is 5.92 Å². The first-order valence-corrected chi connectivity index (χ1v) is 7.69. The summed E-state index contributed by atoms with van der Waals surface area (Å²) in [5, 5.41) is 3.00. The Labute approximate surface area is 127 Å². The predicted octanol–water partition coefficient (Wildman–Crippen LogP) is 3.32. The van der Waals surface area contributed by atoms with E-state index in [0.29, 0.717) is 5.75 Å². The maximum atomic E-state index is 12.4. The lowest BCUT2D eigenvalue weighted by Gasteiger charge is -2.27. The Hall–Kier alpha value is -1.55. The molecule has 0 heterocycles. The largest absolute Gasteiger partial charge is 0.486 e. The van der Waals surface area contributed by atoms with Crippen molar-refractivity contribution in [2.45, 2.75) is 58.1 Å². The Kier molecular flexibility index (Phi) is 4.88. The van der Waals surface area contributed by atoms with Crippen molar-refractivity contribution in [3.8, 4) is 5.75 Å². The fourth-order valence-corrected chi connectivity index (χ4v) is 2.69. The van der Waals surface area contributed by atoms with Crippen molar-refractivity contribution in [1.29, 1.82) is 0 Å². The van der Waals surface area contributed by atoms with E-state index in [1.165, 1.54) is 0 Å². The molecule has 1 saturated carbocycles. The summed E-state index contributed by atoms with van der Waals surface area (Å²) in [4.78, 5) is 12.4. The second kappa shape index (κ2) is 6.48. The molecule has 4 heteroatoms. The Morgan fingerprint density at radius 1 is 1.29 bits per heavy atom. The molecule has 1 aliphatic rings. The van der Waals surface area contributed by atoms with Gasteiger partial charge in [0.1, 0.15) is 11.4 Å². The molecule has 0 radical (unpaired) electrons. The number of benzene rings is 1. The topological polar surface area (TPSA) is 64.3 Å². The third-order valence-corrected chi connectivity index (χ3v) is 3.65. The van der Waals surface area contributed by atoms with Crippen LogP contribution in [0.2, 0.25) is 0 Å². The van der Waals surface area contributed by atoms with Crippen LogP contribution in [0.3, 0.4) is 0 Å². The van der Waals surface area contributed by atoms with Crippen molar-refractivity contribution in [3.63, 3.8) is 0 Å². The van der Waals surface area contributed by atoms with E-state index in [9.17, 15) is 4.79 Å². The van der Waals surface area contributed by atoms with Gasteiger partial charge in [-0.1, -0.05) is 18.6 Å². The van der Waals surface area contributed by atoms with Crippen LogP contribution in [0.4, 0.5) is 5.69 Å². The van der Waals surface area contributed by atoms with Crippen LogP contribution >= 0.6 is 0 Å². The van der Waals surface area contributed by atoms with Crippen LogP contribution in [0.25, 0.3) is 0 Å². The highest BCUT2D eigenvalue weighted by Gasteiger charge is 2.26. The second-order valence-electron chi connectivity index (χ2n) is 6.82. The predicted molar refractivity (Wildman–Crippen MR) is 85.4 cm³/mol. The third kappa shape index (κ3) is 4.74. The molecule has 116 valence electrons. The van der Waals surface area contributed by atoms with Crippen LogP contribution < -0.4 is 15.8 Å². The van der Waals surface area contributed by atoms with Gasteiger partial charge in [-0.2, -0.15) is 0 Å². The molecule has 0 aromatic heterocycles. The highest BCUT2D eigenvalue weighted by atomic mass is 16.5.